The lowest BCUT2D eigenvalue weighted by Crippen LogP contribution is -2.20. The lowest BCUT2D eigenvalue weighted by Gasteiger charge is -2.22. The maximum Gasteiger partial charge on any atom is 0.160 e. The normalized spacial score (nSPS) is 18.5. The maximum atomic E-state index is 13.1. The number of nitrogens with one attached hydrogen (secondary N) is 1. The molecule has 0 heterocycles. The fourth-order valence-electron chi connectivity index (χ4n) is 2.42. The Labute approximate surface area is 101 Å². The highest BCUT2D eigenvalue weighted by atomic mass is 19.2. The van der Waals surface area contributed by atoms with Crippen molar-refractivity contribution in [2.45, 2.75) is 51.0 Å². The second-order valence-corrected chi connectivity index (χ2v) is 4.82. The lowest BCUT2D eigenvalue weighted by molar-refractivity contribution is 0.470. The van der Waals surface area contributed by atoms with Crippen molar-refractivity contribution in [3.63, 3.8) is 0 Å². The summed E-state index contributed by atoms with van der Waals surface area (Å²) >= 11 is 0. The fraction of sp³-hybridized carbons (Fsp3) is 0.571. The number of halogens is 2. The zero-order valence-electron chi connectivity index (χ0n) is 10.0. The maximum absolute atomic E-state index is 13.1. The molecule has 17 heavy (non-hydrogen) atoms. The molecule has 1 aromatic rings. The molecule has 1 fully saturated rings. The third-order valence-electron chi connectivity index (χ3n) is 3.40. The van der Waals surface area contributed by atoms with Gasteiger partial charge in [0.05, 0.1) is 0 Å². The molecule has 0 bridgehead atoms. The topological polar surface area (TPSA) is 12.0 Å². The second kappa shape index (κ2) is 5.99. The van der Waals surface area contributed by atoms with Gasteiger partial charge >= 0.3 is 0 Å². The standard InChI is InChI=1S/C14H19F2N/c15-13-9-8-12(10-14(13)16)17-11-6-4-2-1-3-5-7-11/h8-11,17H,1-7H2. The SMILES string of the molecule is Fc1ccc(NC2CCCCCCC2)cc1F. The van der Waals surface area contributed by atoms with Crippen LogP contribution in [0.3, 0.4) is 0 Å². The van der Waals surface area contributed by atoms with Crippen molar-refractivity contribution in [2.75, 3.05) is 5.32 Å². The Morgan fingerprint density at radius 3 is 2.18 bits per heavy atom. The molecule has 2 rings (SSSR count). The van der Waals surface area contributed by atoms with Gasteiger partial charge in [-0.1, -0.05) is 32.1 Å². The van der Waals surface area contributed by atoms with E-state index in [0.717, 1.165) is 12.8 Å². The second-order valence-electron chi connectivity index (χ2n) is 4.82. The molecule has 0 atom stereocenters. The van der Waals surface area contributed by atoms with E-state index in [-0.39, 0.29) is 0 Å². The average molecular weight is 239 g/mol. The molecule has 94 valence electrons. The highest BCUT2D eigenvalue weighted by molar-refractivity contribution is 5.44. The van der Waals surface area contributed by atoms with E-state index in [1.54, 1.807) is 6.07 Å². The number of anilines is 1. The summed E-state index contributed by atoms with van der Waals surface area (Å²) in [6, 6.07) is 4.44. The first-order valence-corrected chi connectivity index (χ1v) is 6.47. The van der Waals surface area contributed by atoms with Crippen LogP contribution in [0.2, 0.25) is 0 Å². The van der Waals surface area contributed by atoms with Crippen molar-refractivity contribution in [2.24, 2.45) is 0 Å². The van der Waals surface area contributed by atoms with Crippen molar-refractivity contribution in [1.29, 1.82) is 0 Å². The minimum absolute atomic E-state index is 0.403. The van der Waals surface area contributed by atoms with Crippen LogP contribution in [0.15, 0.2) is 18.2 Å². The molecule has 1 nitrogen and oxygen atoms in total. The quantitative estimate of drug-likeness (QED) is 0.801. The Morgan fingerprint density at radius 1 is 0.882 bits per heavy atom. The monoisotopic (exact) mass is 239 g/mol. The van der Waals surface area contributed by atoms with E-state index in [2.05, 4.69) is 5.32 Å². The summed E-state index contributed by atoms with van der Waals surface area (Å²) in [5.41, 5.74) is 0.689. The number of rotatable bonds is 2. The summed E-state index contributed by atoms with van der Waals surface area (Å²) in [6.07, 6.45) is 8.60. The molecule has 3 heteroatoms. The predicted octanol–water partition coefficient (Wildman–Crippen LogP) is 4.49. The van der Waals surface area contributed by atoms with Crippen molar-refractivity contribution in [3.8, 4) is 0 Å². The molecule has 0 spiro atoms. The van der Waals surface area contributed by atoms with Crippen molar-refractivity contribution in [3.05, 3.63) is 29.8 Å². The molecule has 1 aromatic carbocycles. The molecule has 0 aromatic heterocycles. The summed E-state index contributed by atoms with van der Waals surface area (Å²) < 4.78 is 25.9. The smallest absolute Gasteiger partial charge is 0.160 e. The highest BCUT2D eigenvalue weighted by Gasteiger charge is 2.11. The molecular formula is C14H19F2N. The summed E-state index contributed by atoms with van der Waals surface area (Å²) in [5, 5.41) is 3.31. The Kier molecular flexibility index (Phi) is 4.35. The zero-order chi connectivity index (χ0) is 12.1. The Bertz CT molecular complexity index is 357. The van der Waals surface area contributed by atoms with Crippen molar-refractivity contribution < 1.29 is 8.78 Å². The first-order valence-electron chi connectivity index (χ1n) is 6.47. The largest absolute Gasteiger partial charge is 0.382 e. The number of hydrogen-bond acceptors (Lipinski definition) is 1. The van der Waals surface area contributed by atoms with Crippen LogP contribution in [-0.4, -0.2) is 6.04 Å². The van der Waals surface area contributed by atoms with Gasteiger partial charge in [-0.2, -0.15) is 0 Å². The Hall–Kier alpha value is -1.12. The minimum Gasteiger partial charge on any atom is -0.382 e. The molecule has 0 saturated heterocycles. The van der Waals surface area contributed by atoms with Gasteiger partial charge in [-0.3, -0.25) is 0 Å². The van der Waals surface area contributed by atoms with E-state index in [1.165, 1.54) is 44.2 Å². The molecule has 1 N–H and O–H groups in total. The van der Waals surface area contributed by atoms with Crippen LogP contribution in [0.5, 0.6) is 0 Å². The van der Waals surface area contributed by atoms with Gasteiger partial charge in [-0.25, -0.2) is 8.78 Å². The highest BCUT2D eigenvalue weighted by Crippen LogP contribution is 2.21. The Balaban J connectivity index is 1.95. The third-order valence-corrected chi connectivity index (χ3v) is 3.40. The van der Waals surface area contributed by atoms with Crippen LogP contribution < -0.4 is 5.32 Å². The van der Waals surface area contributed by atoms with E-state index in [1.807, 2.05) is 0 Å². The van der Waals surface area contributed by atoms with Gasteiger partial charge in [0.15, 0.2) is 11.6 Å². The van der Waals surface area contributed by atoms with Gasteiger partial charge in [0.25, 0.3) is 0 Å². The summed E-state index contributed by atoms with van der Waals surface area (Å²) in [7, 11) is 0. The molecule has 1 saturated carbocycles. The molecule has 1 aliphatic rings. The third kappa shape index (κ3) is 3.69. The van der Waals surface area contributed by atoms with Crippen molar-refractivity contribution in [1.82, 2.24) is 0 Å². The summed E-state index contributed by atoms with van der Waals surface area (Å²) in [5.74, 6) is -1.56. The van der Waals surface area contributed by atoms with E-state index in [9.17, 15) is 8.78 Å². The van der Waals surface area contributed by atoms with E-state index >= 15 is 0 Å². The Morgan fingerprint density at radius 2 is 1.53 bits per heavy atom. The molecule has 1 aliphatic carbocycles. The molecule has 0 unspecified atom stereocenters. The van der Waals surface area contributed by atoms with E-state index < -0.39 is 11.6 Å². The summed E-state index contributed by atoms with van der Waals surface area (Å²) in [6.45, 7) is 0. The van der Waals surface area contributed by atoms with Gasteiger partial charge < -0.3 is 5.32 Å². The van der Waals surface area contributed by atoms with Crippen molar-refractivity contribution >= 4 is 5.69 Å². The average Bonchev–Trinajstić information content (AvgIpc) is 2.27. The zero-order valence-corrected chi connectivity index (χ0v) is 10.0. The van der Waals surface area contributed by atoms with Gasteiger partial charge in [0, 0.05) is 17.8 Å². The first kappa shape index (κ1) is 12.3. The fourth-order valence-corrected chi connectivity index (χ4v) is 2.42. The minimum atomic E-state index is -0.784. The van der Waals surface area contributed by atoms with E-state index in [0.29, 0.717) is 11.7 Å². The van der Waals surface area contributed by atoms with Crippen LogP contribution >= 0.6 is 0 Å². The van der Waals surface area contributed by atoms with Gasteiger partial charge in [-0.15, -0.1) is 0 Å². The van der Waals surface area contributed by atoms with Crippen LogP contribution in [0, 0.1) is 11.6 Å². The molecule has 0 radical (unpaired) electrons. The number of hydrogen-bond donors (Lipinski definition) is 1. The van der Waals surface area contributed by atoms with Gasteiger partial charge in [0.1, 0.15) is 0 Å². The van der Waals surface area contributed by atoms with E-state index in [4.69, 9.17) is 0 Å². The summed E-state index contributed by atoms with van der Waals surface area (Å²) in [4.78, 5) is 0. The predicted molar refractivity (Wildman–Crippen MR) is 66.1 cm³/mol. The molecule has 0 aliphatic heterocycles. The first-order chi connectivity index (χ1) is 8.25. The van der Waals surface area contributed by atoms with Crippen LogP contribution in [0.4, 0.5) is 14.5 Å². The lowest BCUT2D eigenvalue weighted by atomic mass is 9.96. The van der Waals surface area contributed by atoms with Crippen LogP contribution in [-0.2, 0) is 0 Å². The van der Waals surface area contributed by atoms with Crippen LogP contribution in [0.1, 0.15) is 44.9 Å². The number of benzene rings is 1. The molecule has 0 amide bonds. The van der Waals surface area contributed by atoms with Crippen LogP contribution in [0.25, 0.3) is 0 Å². The van der Waals surface area contributed by atoms with Gasteiger partial charge in [-0.05, 0) is 25.0 Å². The van der Waals surface area contributed by atoms with Gasteiger partial charge in [0.2, 0.25) is 0 Å². The molecular weight excluding hydrogens is 220 g/mol.